The molecule has 7 heteroatoms. The molecule has 4 N–H and O–H groups in total. The number of hydrogen-bond acceptors (Lipinski definition) is 5. The second-order valence-corrected chi connectivity index (χ2v) is 20.6. The van der Waals surface area contributed by atoms with Crippen molar-refractivity contribution in [1.82, 2.24) is 0 Å². The molecule has 2 aromatic rings. The van der Waals surface area contributed by atoms with Gasteiger partial charge in [-0.05, 0) is 111 Å². The highest BCUT2D eigenvalue weighted by Crippen LogP contribution is 2.27. The van der Waals surface area contributed by atoms with E-state index in [0.29, 0.717) is 0 Å². The van der Waals surface area contributed by atoms with Gasteiger partial charge in [-0.2, -0.15) is 0 Å². The van der Waals surface area contributed by atoms with Crippen LogP contribution in [-0.4, -0.2) is 28.1 Å². The third kappa shape index (κ3) is 11.5. The molecule has 0 heterocycles. The quantitative estimate of drug-likeness (QED) is 0.122. The fourth-order valence-electron chi connectivity index (χ4n) is 3.66. The van der Waals surface area contributed by atoms with Gasteiger partial charge in [-0.1, -0.05) is 12.8 Å². The Hall–Kier alpha value is -0.866. The predicted octanol–water partition coefficient (Wildman–Crippen LogP) is 7.72. The van der Waals surface area contributed by atoms with Crippen LogP contribution >= 0.6 is 23.5 Å². The summed E-state index contributed by atoms with van der Waals surface area (Å²) in [6.45, 7) is 9.63. The fourth-order valence-corrected chi connectivity index (χ4v) is 14.5. The third-order valence-corrected chi connectivity index (χ3v) is 14.9. The lowest BCUT2D eigenvalue weighted by Crippen LogP contribution is -2.44. The van der Waals surface area contributed by atoms with E-state index in [2.05, 4.69) is 50.5 Å². The van der Waals surface area contributed by atoms with Gasteiger partial charge in [0.2, 0.25) is 0 Å². The topological polar surface area (TPSA) is 61.3 Å². The summed E-state index contributed by atoms with van der Waals surface area (Å²) in [5.74, 6) is 2.34. The van der Waals surface area contributed by atoms with Gasteiger partial charge < -0.3 is 15.6 Å². The van der Waals surface area contributed by atoms with E-state index in [9.17, 15) is 0 Å². The zero-order chi connectivity index (χ0) is 22.7. The molecule has 0 bridgehead atoms. The maximum atomic E-state index is 6.82. The van der Waals surface area contributed by atoms with Crippen molar-refractivity contribution in [2.45, 2.75) is 73.8 Å². The molecule has 0 spiro atoms. The van der Waals surface area contributed by atoms with Crippen LogP contribution in [0.15, 0.2) is 58.3 Å². The van der Waals surface area contributed by atoms with Crippen LogP contribution in [0.5, 0.6) is 0 Å². The maximum absolute atomic E-state index is 6.82. The van der Waals surface area contributed by atoms with Gasteiger partial charge >= 0.3 is 0 Å². The van der Waals surface area contributed by atoms with Crippen LogP contribution in [-0.2, 0) is 4.12 Å². The molecule has 0 aliphatic carbocycles. The Balaban J connectivity index is 1.58. The molecule has 2 aromatic carbocycles. The summed E-state index contributed by atoms with van der Waals surface area (Å²) < 4.78 is 6.82. The van der Waals surface area contributed by atoms with Crippen molar-refractivity contribution in [3.63, 3.8) is 0 Å². The molecule has 0 unspecified atom stereocenters. The minimum atomic E-state index is -1.58. The SMILES string of the molecule is C[Si](C)(CCCCSc1ccc(N)cc1)O[Si](C)(C)CCCCSc1ccc(N)cc1. The van der Waals surface area contributed by atoms with Crippen LogP contribution in [0.25, 0.3) is 0 Å². The van der Waals surface area contributed by atoms with Gasteiger partial charge in [0.15, 0.2) is 16.6 Å². The maximum Gasteiger partial charge on any atom is 0.173 e. The van der Waals surface area contributed by atoms with E-state index in [-0.39, 0.29) is 0 Å². The van der Waals surface area contributed by atoms with Gasteiger partial charge in [0.25, 0.3) is 0 Å². The second kappa shape index (κ2) is 13.0. The molecule has 2 rings (SSSR count). The van der Waals surface area contributed by atoms with Crippen LogP contribution in [0.2, 0.25) is 38.3 Å². The standard InChI is InChI=1S/C24H40N2OS2Si2/c1-30(2,19-7-5-17-28-23-13-9-21(25)10-14-23)27-31(3,4)20-8-6-18-29-24-15-11-22(26)12-16-24/h9-16H,5-8,17-20,25-26H2,1-4H3. The average molecular weight is 493 g/mol. The molecule has 0 aliphatic rings. The van der Waals surface area contributed by atoms with Crippen molar-refractivity contribution >= 4 is 51.5 Å². The molecule has 0 amide bonds. The molecule has 3 nitrogen and oxygen atoms in total. The molecule has 0 radical (unpaired) electrons. The number of anilines is 2. The molecule has 0 saturated carbocycles. The number of rotatable bonds is 14. The number of thioether (sulfide) groups is 2. The van der Waals surface area contributed by atoms with Crippen LogP contribution in [0.3, 0.4) is 0 Å². The normalized spacial score (nSPS) is 12.3. The Morgan fingerprint density at radius 1 is 0.613 bits per heavy atom. The molecule has 31 heavy (non-hydrogen) atoms. The first-order valence-corrected chi connectivity index (χ1v) is 19.5. The highest BCUT2D eigenvalue weighted by atomic mass is 32.2. The van der Waals surface area contributed by atoms with E-state index in [1.165, 1.54) is 59.1 Å². The van der Waals surface area contributed by atoms with Crippen LogP contribution < -0.4 is 11.5 Å². The fraction of sp³-hybridized carbons (Fsp3) is 0.500. The van der Waals surface area contributed by atoms with E-state index < -0.39 is 16.6 Å². The molecular formula is C24H40N2OS2Si2. The van der Waals surface area contributed by atoms with Gasteiger partial charge in [0.05, 0.1) is 0 Å². The van der Waals surface area contributed by atoms with E-state index in [1.54, 1.807) is 0 Å². The van der Waals surface area contributed by atoms with Crippen LogP contribution in [0.1, 0.15) is 25.7 Å². The summed E-state index contributed by atoms with van der Waals surface area (Å²) in [6, 6.07) is 18.9. The van der Waals surface area contributed by atoms with Crippen molar-refractivity contribution in [2.24, 2.45) is 0 Å². The summed E-state index contributed by atoms with van der Waals surface area (Å²) in [5, 5.41) is 0. The number of nitrogens with two attached hydrogens (primary N) is 2. The molecule has 0 fully saturated rings. The summed E-state index contributed by atoms with van der Waals surface area (Å²) in [4.78, 5) is 2.62. The van der Waals surface area contributed by atoms with E-state index >= 15 is 0 Å². The van der Waals surface area contributed by atoms with Crippen molar-refractivity contribution in [3.05, 3.63) is 48.5 Å². The number of nitrogen functional groups attached to an aromatic ring is 2. The summed E-state index contributed by atoms with van der Waals surface area (Å²) >= 11 is 3.85. The molecule has 0 aromatic heterocycles. The Kier molecular flexibility index (Phi) is 11.1. The number of hydrogen-bond donors (Lipinski definition) is 2. The Bertz CT molecular complexity index is 703. The summed E-state index contributed by atoms with van der Waals surface area (Å²) in [5.41, 5.74) is 13.2. The summed E-state index contributed by atoms with van der Waals surface area (Å²) in [6.07, 6.45) is 5.03. The first-order valence-electron chi connectivity index (χ1n) is 11.3. The minimum Gasteiger partial charge on any atom is -0.455 e. The molecule has 172 valence electrons. The lowest BCUT2D eigenvalue weighted by atomic mass is 10.3. The molecule has 0 aliphatic heterocycles. The molecule has 0 saturated heterocycles. The smallest absolute Gasteiger partial charge is 0.173 e. The van der Waals surface area contributed by atoms with Crippen LogP contribution in [0, 0.1) is 0 Å². The Labute approximate surface area is 200 Å². The monoisotopic (exact) mass is 492 g/mol. The zero-order valence-corrected chi connectivity index (χ0v) is 23.3. The van der Waals surface area contributed by atoms with Gasteiger partial charge in [-0.15, -0.1) is 23.5 Å². The first kappa shape index (κ1) is 26.4. The van der Waals surface area contributed by atoms with Gasteiger partial charge in [0, 0.05) is 21.2 Å². The molecular weight excluding hydrogens is 453 g/mol. The van der Waals surface area contributed by atoms with Gasteiger partial charge in [-0.3, -0.25) is 0 Å². The average Bonchev–Trinajstić information content (AvgIpc) is 2.69. The minimum absolute atomic E-state index is 0.835. The van der Waals surface area contributed by atoms with Crippen molar-refractivity contribution in [2.75, 3.05) is 23.0 Å². The second-order valence-electron chi connectivity index (χ2n) is 9.37. The largest absolute Gasteiger partial charge is 0.455 e. The summed E-state index contributed by atoms with van der Waals surface area (Å²) in [7, 11) is -3.17. The van der Waals surface area contributed by atoms with Gasteiger partial charge in [0.1, 0.15) is 0 Å². The van der Waals surface area contributed by atoms with Crippen molar-refractivity contribution < 1.29 is 4.12 Å². The number of benzene rings is 2. The van der Waals surface area contributed by atoms with Crippen LogP contribution in [0.4, 0.5) is 11.4 Å². The lowest BCUT2D eigenvalue weighted by Gasteiger charge is -2.34. The van der Waals surface area contributed by atoms with E-state index in [1.807, 2.05) is 47.8 Å². The Morgan fingerprint density at radius 2 is 0.968 bits per heavy atom. The Morgan fingerprint density at radius 3 is 1.32 bits per heavy atom. The lowest BCUT2D eigenvalue weighted by molar-refractivity contribution is 0.529. The first-order chi connectivity index (χ1) is 14.7. The van der Waals surface area contributed by atoms with E-state index in [4.69, 9.17) is 15.6 Å². The highest BCUT2D eigenvalue weighted by molar-refractivity contribution is 7.99. The van der Waals surface area contributed by atoms with Crippen molar-refractivity contribution in [1.29, 1.82) is 0 Å². The highest BCUT2D eigenvalue weighted by Gasteiger charge is 2.32. The number of unbranched alkanes of at least 4 members (excludes halogenated alkanes) is 2. The predicted molar refractivity (Wildman–Crippen MR) is 147 cm³/mol. The van der Waals surface area contributed by atoms with Gasteiger partial charge in [-0.25, -0.2) is 0 Å². The molecule has 0 atom stereocenters. The zero-order valence-electron chi connectivity index (χ0n) is 19.7. The van der Waals surface area contributed by atoms with E-state index in [0.717, 1.165) is 11.4 Å². The third-order valence-electron chi connectivity index (χ3n) is 5.20. The van der Waals surface area contributed by atoms with Crippen molar-refractivity contribution in [3.8, 4) is 0 Å².